The minimum absolute atomic E-state index is 0.182. The molecule has 1 heterocycles. The van der Waals surface area contributed by atoms with E-state index in [1.807, 2.05) is 32.0 Å². The molecule has 0 aliphatic carbocycles. The van der Waals surface area contributed by atoms with Crippen molar-refractivity contribution in [1.29, 1.82) is 0 Å². The van der Waals surface area contributed by atoms with Crippen molar-refractivity contribution in [3.05, 3.63) is 60.8 Å². The van der Waals surface area contributed by atoms with E-state index in [0.29, 0.717) is 16.9 Å². The Morgan fingerprint density at radius 3 is 2.41 bits per heavy atom. The Labute approximate surface area is 144 Å². The molecule has 0 bridgehead atoms. The molecule has 0 radical (unpaired) electrons. The summed E-state index contributed by atoms with van der Waals surface area (Å²) in [6.07, 6.45) is 0. The first-order valence-corrected chi connectivity index (χ1v) is 8.25. The number of hydrogen-bond donors (Lipinski definition) is 2. The summed E-state index contributed by atoms with van der Waals surface area (Å²) in [6, 6.07) is 9.74. The van der Waals surface area contributed by atoms with Crippen molar-refractivity contribution >= 4 is 54.4 Å². The molecule has 0 saturated carbocycles. The molecule has 6 heteroatoms. The summed E-state index contributed by atoms with van der Waals surface area (Å²) in [5, 5.41) is 3.70. The second kappa shape index (κ2) is 5.85. The van der Waals surface area contributed by atoms with Gasteiger partial charge in [-0.25, -0.2) is 4.98 Å². The SMILES string of the molecule is Cc1cc(C)cc(Nc2nc3c(Br)cc(Br)cc3c(=O)[nH]2)c1. The molecule has 22 heavy (non-hydrogen) atoms. The minimum atomic E-state index is -0.182. The zero-order valence-electron chi connectivity index (χ0n) is 12.0. The molecule has 2 N–H and O–H groups in total. The average Bonchev–Trinajstić information content (AvgIpc) is 2.39. The summed E-state index contributed by atoms with van der Waals surface area (Å²) < 4.78 is 1.60. The van der Waals surface area contributed by atoms with Crippen molar-refractivity contribution < 1.29 is 0 Å². The Morgan fingerprint density at radius 2 is 1.73 bits per heavy atom. The molecule has 0 fully saturated rings. The maximum atomic E-state index is 12.3. The molecule has 0 saturated heterocycles. The van der Waals surface area contributed by atoms with Gasteiger partial charge in [0.25, 0.3) is 5.56 Å². The Balaban J connectivity index is 2.10. The highest BCUT2D eigenvalue weighted by atomic mass is 79.9. The van der Waals surface area contributed by atoms with E-state index >= 15 is 0 Å². The van der Waals surface area contributed by atoms with E-state index in [4.69, 9.17) is 0 Å². The quantitative estimate of drug-likeness (QED) is 0.623. The van der Waals surface area contributed by atoms with Gasteiger partial charge in [-0.2, -0.15) is 0 Å². The lowest BCUT2D eigenvalue weighted by molar-refractivity contribution is 1.16. The fraction of sp³-hybridized carbons (Fsp3) is 0.125. The van der Waals surface area contributed by atoms with Crippen LogP contribution in [-0.2, 0) is 0 Å². The molecule has 4 nitrogen and oxygen atoms in total. The number of rotatable bonds is 2. The van der Waals surface area contributed by atoms with Gasteiger partial charge in [0, 0.05) is 14.6 Å². The van der Waals surface area contributed by atoms with Crippen LogP contribution in [0.1, 0.15) is 11.1 Å². The second-order valence-electron chi connectivity index (χ2n) is 5.20. The lowest BCUT2D eigenvalue weighted by Crippen LogP contribution is -2.11. The lowest BCUT2D eigenvalue weighted by Gasteiger charge is -2.09. The largest absolute Gasteiger partial charge is 0.326 e. The summed E-state index contributed by atoms with van der Waals surface area (Å²) in [5.41, 5.74) is 3.64. The van der Waals surface area contributed by atoms with Crippen molar-refractivity contribution in [2.24, 2.45) is 0 Å². The van der Waals surface area contributed by atoms with Crippen LogP contribution in [0.25, 0.3) is 10.9 Å². The standard InChI is InChI=1S/C16H13Br2N3O/c1-8-3-9(2)5-11(4-8)19-16-20-14-12(15(22)21-16)6-10(17)7-13(14)18/h3-7H,1-2H3,(H2,19,20,21,22). The van der Waals surface area contributed by atoms with Crippen molar-refractivity contribution in [2.45, 2.75) is 13.8 Å². The molecule has 112 valence electrons. The van der Waals surface area contributed by atoms with E-state index in [1.54, 1.807) is 6.07 Å². The van der Waals surface area contributed by atoms with Crippen molar-refractivity contribution in [3.8, 4) is 0 Å². The van der Waals surface area contributed by atoms with Crippen molar-refractivity contribution in [2.75, 3.05) is 5.32 Å². The van der Waals surface area contributed by atoms with E-state index in [-0.39, 0.29) is 5.56 Å². The number of H-pyrrole nitrogens is 1. The molecule has 1 aromatic heterocycles. The molecule has 0 aliphatic rings. The van der Waals surface area contributed by atoms with E-state index in [2.05, 4.69) is 53.2 Å². The topological polar surface area (TPSA) is 57.8 Å². The van der Waals surface area contributed by atoms with E-state index in [1.165, 1.54) is 0 Å². The van der Waals surface area contributed by atoms with Gasteiger partial charge in [-0.1, -0.05) is 22.0 Å². The predicted molar refractivity (Wildman–Crippen MR) is 97.0 cm³/mol. The summed E-state index contributed by atoms with van der Waals surface area (Å²) in [5.74, 6) is 0.422. The summed E-state index contributed by atoms with van der Waals surface area (Å²) in [4.78, 5) is 19.5. The third-order valence-electron chi connectivity index (χ3n) is 3.21. The number of benzene rings is 2. The maximum Gasteiger partial charge on any atom is 0.260 e. The summed E-state index contributed by atoms with van der Waals surface area (Å²) in [6.45, 7) is 4.06. The van der Waals surface area contributed by atoms with Gasteiger partial charge in [0.05, 0.1) is 10.9 Å². The van der Waals surface area contributed by atoms with Crippen LogP contribution >= 0.6 is 31.9 Å². The maximum absolute atomic E-state index is 12.3. The Kier molecular flexibility index (Phi) is 4.06. The number of halogens is 2. The highest BCUT2D eigenvalue weighted by Gasteiger charge is 2.09. The van der Waals surface area contributed by atoms with Crippen molar-refractivity contribution in [1.82, 2.24) is 9.97 Å². The zero-order chi connectivity index (χ0) is 15.9. The minimum Gasteiger partial charge on any atom is -0.326 e. The molecular formula is C16H13Br2N3O. The number of anilines is 2. The number of aryl methyl sites for hydroxylation is 2. The highest BCUT2D eigenvalue weighted by Crippen LogP contribution is 2.26. The summed E-state index contributed by atoms with van der Waals surface area (Å²) >= 11 is 6.83. The van der Waals surface area contributed by atoms with Gasteiger partial charge in [0.2, 0.25) is 5.95 Å². The van der Waals surface area contributed by atoms with Crippen LogP contribution in [0.3, 0.4) is 0 Å². The van der Waals surface area contributed by atoms with Crippen molar-refractivity contribution in [3.63, 3.8) is 0 Å². The second-order valence-corrected chi connectivity index (χ2v) is 6.97. The molecule has 3 rings (SSSR count). The number of hydrogen-bond acceptors (Lipinski definition) is 3. The normalized spacial score (nSPS) is 10.9. The smallest absolute Gasteiger partial charge is 0.260 e. The van der Waals surface area contributed by atoms with Gasteiger partial charge in [-0.3, -0.25) is 9.78 Å². The van der Waals surface area contributed by atoms with Crippen LogP contribution in [0, 0.1) is 13.8 Å². The van der Waals surface area contributed by atoms with Crippen LogP contribution in [0.5, 0.6) is 0 Å². The first kappa shape index (κ1) is 15.2. The number of aromatic amines is 1. The predicted octanol–water partition coefficient (Wildman–Crippen LogP) is 4.81. The first-order valence-electron chi connectivity index (χ1n) is 6.67. The lowest BCUT2D eigenvalue weighted by atomic mass is 10.1. The molecule has 0 spiro atoms. The van der Waals surface area contributed by atoms with E-state index in [9.17, 15) is 4.79 Å². The Bertz CT molecular complexity index is 914. The van der Waals surface area contributed by atoms with Gasteiger partial charge in [0.1, 0.15) is 0 Å². The van der Waals surface area contributed by atoms with E-state index in [0.717, 1.165) is 25.8 Å². The molecule has 0 atom stereocenters. The Hall–Kier alpha value is -1.66. The molecule has 2 aromatic carbocycles. The highest BCUT2D eigenvalue weighted by molar-refractivity contribution is 9.11. The van der Waals surface area contributed by atoms with Gasteiger partial charge >= 0.3 is 0 Å². The zero-order valence-corrected chi connectivity index (χ0v) is 15.2. The van der Waals surface area contributed by atoms with Gasteiger partial charge in [0.15, 0.2) is 0 Å². The third-order valence-corrected chi connectivity index (χ3v) is 4.28. The monoisotopic (exact) mass is 421 g/mol. The van der Waals surface area contributed by atoms with Gasteiger partial charge in [-0.15, -0.1) is 0 Å². The van der Waals surface area contributed by atoms with Crippen LogP contribution in [0.4, 0.5) is 11.6 Å². The average molecular weight is 423 g/mol. The fourth-order valence-corrected chi connectivity index (χ4v) is 3.72. The van der Waals surface area contributed by atoms with Gasteiger partial charge < -0.3 is 5.32 Å². The Morgan fingerprint density at radius 1 is 1.05 bits per heavy atom. The van der Waals surface area contributed by atoms with E-state index < -0.39 is 0 Å². The molecule has 0 aliphatic heterocycles. The number of nitrogens with one attached hydrogen (secondary N) is 2. The number of aromatic nitrogens is 2. The number of nitrogens with zero attached hydrogens (tertiary/aromatic N) is 1. The fourth-order valence-electron chi connectivity index (χ4n) is 2.41. The van der Waals surface area contributed by atoms with Crippen LogP contribution in [0.2, 0.25) is 0 Å². The van der Waals surface area contributed by atoms with Crippen LogP contribution < -0.4 is 10.9 Å². The molecule has 3 aromatic rings. The number of fused-ring (bicyclic) bond motifs is 1. The van der Waals surface area contributed by atoms with Gasteiger partial charge in [-0.05, 0) is 65.2 Å². The first-order chi connectivity index (χ1) is 10.4. The molecule has 0 unspecified atom stereocenters. The third kappa shape index (κ3) is 3.08. The van der Waals surface area contributed by atoms with Crippen LogP contribution in [-0.4, -0.2) is 9.97 Å². The molecular weight excluding hydrogens is 410 g/mol. The molecule has 0 amide bonds. The van der Waals surface area contributed by atoms with Crippen LogP contribution in [0.15, 0.2) is 44.1 Å². The summed E-state index contributed by atoms with van der Waals surface area (Å²) in [7, 11) is 0.